The number of ether oxygens (including phenoxy) is 1. The molecule has 1 N–H and O–H groups in total. The molecule has 1 heterocycles. The van der Waals surface area contributed by atoms with Crippen molar-refractivity contribution in [2.45, 2.75) is 44.9 Å². The third-order valence-electron chi connectivity index (χ3n) is 3.34. The molecule has 0 amide bonds. The topological polar surface area (TPSA) is 21.3 Å². The van der Waals surface area contributed by atoms with Crippen LogP contribution in [0.5, 0.6) is 0 Å². The standard InChI is InChI=1S/C14H20BrNO/c1-10-3-8-14(17-10)9-16-11(2)12-4-6-13(15)7-5-12/h4-7,10-11,14,16H,3,8-9H2,1-2H3. The summed E-state index contributed by atoms with van der Waals surface area (Å²) >= 11 is 3.45. The highest BCUT2D eigenvalue weighted by Crippen LogP contribution is 2.20. The minimum Gasteiger partial charge on any atom is -0.374 e. The van der Waals surface area contributed by atoms with Gasteiger partial charge in [0.25, 0.3) is 0 Å². The molecule has 0 radical (unpaired) electrons. The van der Waals surface area contributed by atoms with Crippen molar-refractivity contribution in [3.63, 3.8) is 0 Å². The van der Waals surface area contributed by atoms with Crippen LogP contribution in [0.15, 0.2) is 28.7 Å². The predicted molar refractivity (Wildman–Crippen MR) is 74.1 cm³/mol. The van der Waals surface area contributed by atoms with E-state index in [-0.39, 0.29) is 0 Å². The van der Waals surface area contributed by atoms with Gasteiger partial charge in [-0.1, -0.05) is 28.1 Å². The van der Waals surface area contributed by atoms with Crippen LogP contribution in [0.25, 0.3) is 0 Å². The molecule has 3 heteroatoms. The second kappa shape index (κ2) is 5.98. The maximum absolute atomic E-state index is 5.80. The molecule has 0 bridgehead atoms. The molecule has 1 aliphatic rings. The van der Waals surface area contributed by atoms with Gasteiger partial charge < -0.3 is 10.1 Å². The summed E-state index contributed by atoms with van der Waals surface area (Å²) in [6.07, 6.45) is 3.20. The van der Waals surface area contributed by atoms with Gasteiger partial charge in [0.15, 0.2) is 0 Å². The van der Waals surface area contributed by atoms with E-state index in [1.165, 1.54) is 18.4 Å². The molecule has 94 valence electrons. The Labute approximate surface area is 112 Å². The average molecular weight is 298 g/mol. The maximum Gasteiger partial charge on any atom is 0.0704 e. The lowest BCUT2D eigenvalue weighted by Crippen LogP contribution is -2.29. The van der Waals surface area contributed by atoms with Crippen molar-refractivity contribution in [3.8, 4) is 0 Å². The summed E-state index contributed by atoms with van der Waals surface area (Å²) in [7, 11) is 0. The Bertz CT molecular complexity index is 352. The number of benzene rings is 1. The molecule has 0 saturated carbocycles. The van der Waals surface area contributed by atoms with Crippen molar-refractivity contribution in [2.24, 2.45) is 0 Å². The first-order valence-electron chi connectivity index (χ1n) is 6.29. The number of rotatable bonds is 4. The van der Waals surface area contributed by atoms with Crippen LogP contribution in [-0.2, 0) is 4.74 Å². The average Bonchev–Trinajstić information content (AvgIpc) is 2.73. The molecule has 0 spiro atoms. The number of nitrogens with one attached hydrogen (secondary N) is 1. The van der Waals surface area contributed by atoms with Crippen molar-refractivity contribution in [1.82, 2.24) is 5.32 Å². The van der Waals surface area contributed by atoms with E-state index < -0.39 is 0 Å². The molecule has 2 rings (SSSR count). The van der Waals surface area contributed by atoms with E-state index in [0.29, 0.717) is 18.2 Å². The van der Waals surface area contributed by atoms with Crippen LogP contribution in [0.2, 0.25) is 0 Å². The van der Waals surface area contributed by atoms with Gasteiger partial charge >= 0.3 is 0 Å². The summed E-state index contributed by atoms with van der Waals surface area (Å²) in [5, 5.41) is 3.54. The fourth-order valence-electron chi connectivity index (χ4n) is 2.21. The first kappa shape index (κ1) is 13.1. The van der Waals surface area contributed by atoms with Gasteiger partial charge in [0.05, 0.1) is 12.2 Å². The molecule has 2 nitrogen and oxygen atoms in total. The van der Waals surface area contributed by atoms with Gasteiger partial charge in [-0.25, -0.2) is 0 Å². The van der Waals surface area contributed by atoms with Gasteiger partial charge in [-0.2, -0.15) is 0 Å². The third kappa shape index (κ3) is 3.80. The van der Waals surface area contributed by atoms with E-state index in [9.17, 15) is 0 Å². The second-order valence-corrected chi connectivity index (χ2v) is 5.74. The van der Waals surface area contributed by atoms with Crippen LogP contribution in [0.1, 0.15) is 38.3 Å². The van der Waals surface area contributed by atoms with Gasteiger partial charge in [0.1, 0.15) is 0 Å². The summed E-state index contributed by atoms with van der Waals surface area (Å²) in [6, 6.07) is 8.85. The zero-order chi connectivity index (χ0) is 12.3. The monoisotopic (exact) mass is 297 g/mol. The van der Waals surface area contributed by atoms with Crippen LogP contribution in [0.3, 0.4) is 0 Å². The van der Waals surface area contributed by atoms with Gasteiger partial charge in [0, 0.05) is 17.1 Å². The second-order valence-electron chi connectivity index (χ2n) is 4.83. The minimum absolute atomic E-state index is 0.377. The van der Waals surface area contributed by atoms with Crippen molar-refractivity contribution in [3.05, 3.63) is 34.3 Å². The van der Waals surface area contributed by atoms with Crippen molar-refractivity contribution in [1.29, 1.82) is 0 Å². The maximum atomic E-state index is 5.80. The summed E-state index contributed by atoms with van der Waals surface area (Å²) in [6.45, 7) is 5.29. The Balaban J connectivity index is 1.81. The largest absolute Gasteiger partial charge is 0.374 e. The highest BCUT2D eigenvalue weighted by molar-refractivity contribution is 9.10. The van der Waals surface area contributed by atoms with E-state index in [0.717, 1.165) is 11.0 Å². The highest BCUT2D eigenvalue weighted by Gasteiger charge is 2.21. The summed E-state index contributed by atoms with van der Waals surface area (Å²) in [4.78, 5) is 0. The van der Waals surface area contributed by atoms with Crippen LogP contribution in [0, 0.1) is 0 Å². The highest BCUT2D eigenvalue weighted by atomic mass is 79.9. The number of hydrogen-bond donors (Lipinski definition) is 1. The Kier molecular flexibility index (Phi) is 4.60. The van der Waals surface area contributed by atoms with Gasteiger partial charge in [-0.15, -0.1) is 0 Å². The molecule has 0 aromatic heterocycles. The summed E-state index contributed by atoms with van der Waals surface area (Å²) < 4.78 is 6.92. The van der Waals surface area contributed by atoms with Crippen LogP contribution < -0.4 is 5.32 Å². The first-order chi connectivity index (χ1) is 8.15. The third-order valence-corrected chi connectivity index (χ3v) is 3.87. The normalized spacial score (nSPS) is 26.1. The lowest BCUT2D eigenvalue weighted by Gasteiger charge is -2.18. The molecule has 1 aromatic rings. The molecule has 3 atom stereocenters. The summed E-state index contributed by atoms with van der Waals surface area (Å²) in [5.74, 6) is 0. The molecule has 1 aromatic carbocycles. The SMILES string of the molecule is CC1CCC(CNC(C)c2ccc(Br)cc2)O1. The smallest absolute Gasteiger partial charge is 0.0704 e. The Morgan fingerprint density at radius 2 is 2.06 bits per heavy atom. The molecule has 0 aliphatic carbocycles. The van der Waals surface area contributed by atoms with E-state index in [2.05, 4.69) is 59.4 Å². The molecular formula is C14H20BrNO. The van der Waals surface area contributed by atoms with Gasteiger partial charge in [-0.3, -0.25) is 0 Å². The van der Waals surface area contributed by atoms with Gasteiger partial charge in [0.2, 0.25) is 0 Å². The van der Waals surface area contributed by atoms with E-state index in [1.807, 2.05) is 0 Å². The fraction of sp³-hybridized carbons (Fsp3) is 0.571. The molecule has 1 saturated heterocycles. The predicted octanol–water partition coefficient (Wildman–Crippen LogP) is 3.67. The molecular weight excluding hydrogens is 278 g/mol. The Morgan fingerprint density at radius 1 is 1.35 bits per heavy atom. The van der Waals surface area contributed by atoms with E-state index in [4.69, 9.17) is 4.74 Å². The quantitative estimate of drug-likeness (QED) is 0.916. The van der Waals surface area contributed by atoms with Crippen molar-refractivity contribution >= 4 is 15.9 Å². The molecule has 1 aliphatic heterocycles. The van der Waals surface area contributed by atoms with Crippen LogP contribution >= 0.6 is 15.9 Å². The fourth-order valence-corrected chi connectivity index (χ4v) is 2.48. The minimum atomic E-state index is 0.377. The lowest BCUT2D eigenvalue weighted by molar-refractivity contribution is 0.0546. The summed E-state index contributed by atoms with van der Waals surface area (Å²) in [5.41, 5.74) is 1.32. The number of hydrogen-bond acceptors (Lipinski definition) is 2. The molecule has 1 fully saturated rings. The zero-order valence-electron chi connectivity index (χ0n) is 10.4. The van der Waals surface area contributed by atoms with Crippen LogP contribution in [-0.4, -0.2) is 18.8 Å². The first-order valence-corrected chi connectivity index (χ1v) is 7.09. The Hall–Kier alpha value is -0.380. The Morgan fingerprint density at radius 3 is 2.65 bits per heavy atom. The van der Waals surface area contributed by atoms with Crippen molar-refractivity contribution in [2.75, 3.05) is 6.54 Å². The number of halogens is 1. The molecule has 3 unspecified atom stereocenters. The van der Waals surface area contributed by atoms with Crippen LogP contribution in [0.4, 0.5) is 0 Å². The van der Waals surface area contributed by atoms with Crippen molar-refractivity contribution < 1.29 is 4.74 Å². The van der Waals surface area contributed by atoms with E-state index >= 15 is 0 Å². The van der Waals surface area contributed by atoms with E-state index in [1.54, 1.807) is 0 Å². The lowest BCUT2D eigenvalue weighted by atomic mass is 10.1. The zero-order valence-corrected chi connectivity index (χ0v) is 12.0. The van der Waals surface area contributed by atoms with Gasteiger partial charge in [-0.05, 0) is 44.4 Å². The molecule has 17 heavy (non-hydrogen) atoms.